The molecule has 4 aromatic rings. The Morgan fingerprint density at radius 1 is 1.11 bits per heavy atom. The maximum atomic E-state index is 11.9. The van der Waals surface area contributed by atoms with Crippen molar-refractivity contribution in [3.05, 3.63) is 70.3 Å². The highest BCUT2D eigenvalue weighted by atomic mass is 16.6. The Kier molecular flexibility index (Phi) is 3.96. The van der Waals surface area contributed by atoms with Crippen LogP contribution in [0.25, 0.3) is 33.5 Å². The van der Waals surface area contributed by atoms with Gasteiger partial charge in [-0.3, -0.25) is 15.2 Å². The highest BCUT2D eigenvalue weighted by Gasteiger charge is 2.21. The summed E-state index contributed by atoms with van der Waals surface area (Å²) in [5.74, 6) is -1.47. The van der Waals surface area contributed by atoms with Gasteiger partial charge in [-0.25, -0.2) is 9.78 Å². The number of non-ortho nitro benzene ring substituents is 1. The smallest absolute Gasteiger partial charge is 0.336 e. The number of nitrogens with one attached hydrogen (secondary N) is 1. The number of H-pyrrole nitrogens is 1. The molecule has 0 unspecified atom stereocenters. The Labute approximate surface area is 157 Å². The van der Waals surface area contributed by atoms with Gasteiger partial charge < -0.3 is 10.2 Å². The summed E-state index contributed by atoms with van der Waals surface area (Å²) in [7, 11) is 0. The van der Waals surface area contributed by atoms with Crippen molar-refractivity contribution in [2.45, 2.75) is 0 Å². The quantitative estimate of drug-likeness (QED) is 0.365. The first-order valence-electron chi connectivity index (χ1n) is 8.11. The van der Waals surface area contributed by atoms with E-state index in [0.29, 0.717) is 11.1 Å². The molecule has 2 heterocycles. The van der Waals surface area contributed by atoms with Crippen LogP contribution in [0.5, 0.6) is 5.75 Å². The van der Waals surface area contributed by atoms with Gasteiger partial charge in [0.15, 0.2) is 5.65 Å². The van der Waals surface area contributed by atoms with Gasteiger partial charge >= 0.3 is 5.97 Å². The second-order valence-electron chi connectivity index (χ2n) is 5.98. The van der Waals surface area contributed by atoms with E-state index in [1.807, 2.05) is 18.2 Å². The number of carboxylic acids is 1. The second-order valence-corrected chi connectivity index (χ2v) is 5.98. The molecule has 138 valence electrons. The SMILES string of the molecule is O=C(O)c1cc(-c2cc([N+](=O)[O-])ccc2O)nc2n[nH]c(-c3ccccc3)c12. The Bertz CT molecular complexity index is 1230. The van der Waals surface area contributed by atoms with Crippen molar-refractivity contribution in [2.24, 2.45) is 0 Å². The van der Waals surface area contributed by atoms with Crippen LogP contribution in [0.1, 0.15) is 10.4 Å². The summed E-state index contributed by atoms with van der Waals surface area (Å²) in [6, 6.07) is 13.8. The number of rotatable bonds is 4. The van der Waals surface area contributed by atoms with E-state index >= 15 is 0 Å². The highest BCUT2D eigenvalue weighted by Crippen LogP contribution is 2.35. The standard InChI is InChI=1S/C19H12N4O5/c24-15-7-6-11(23(27)28)8-12(15)14-9-13(19(25)26)16-17(21-22-18(16)20-14)10-4-2-1-3-5-10/h1-9,24H,(H,25,26)(H,20,21,22). The topological polar surface area (TPSA) is 142 Å². The average Bonchev–Trinajstić information content (AvgIpc) is 3.12. The van der Waals surface area contributed by atoms with Gasteiger partial charge in [-0.1, -0.05) is 30.3 Å². The minimum absolute atomic E-state index is 0.0443. The first-order chi connectivity index (χ1) is 13.5. The maximum absolute atomic E-state index is 11.9. The van der Waals surface area contributed by atoms with Crippen molar-refractivity contribution >= 4 is 22.7 Å². The third-order valence-electron chi connectivity index (χ3n) is 4.28. The number of nitrogens with zero attached hydrogens (tertiary/aromatic N) is 3. The fraction of sp³-hybridized carbons (Fsp3) is 0. The molecular formula is C19H12N4O5. The molecule has 0 aliphatic heterocycles. The number of aromatic carboxylic acids is 1. The van der Waals surface area contributed by atoms with Crippen LogP contribution in [-0.2, 0) is 0 Å². The van der Waals surface area contributed by atoms with Crippen LogP contribution in [0, 0.1) is 10.1 Å². The van der Waals surface area contributed by atoms with E-state index in [4.69, 9.17) is 0 Å². The summed E-state index contributed by atoms with van der Waals surface area (Å²) in [6.07, 6.45) is 0. The molecule has 0 saturated heterocycles. The van der Waals surface area contributed by atoms with Gasteiger partial charge in [0.2, 0.25) is 0 Å². The molecule has 4 rings (SSSR count). The predicted octanol–water partition coefficient (Wildman–Crippen LogP) is 3.60. The van der Waals surface area contributed by atoms with Crippen LogP contribution >= 0.6 is 0 Å². The van der Waals surface area contributed by atoms with E-state index in [1.165, 1.54) is 12.1 Å². The Hall–Kier alpha value is -4.27. The van der Waals surface area contributed by atoms with Crippen molar-refractivity contribution < 1.29 is 19.9 Å². The number of hydrogen-bond donors (Lipinski definition) is 3. The Balaban J connectivity index is 1.98. The number of benzene rings is 2. The van der Waals surface area contributed by atoms with E-state index in [-0.39, 0.29) is 33.9 Å². The Morgan fingerprint density at radius 2 is 1.86 bits per heavy atom. The molecule has 0 radical (unpaired) electrons. The first kappa shape index (κ1) is 17.2. The van der Waals surface area contributed by atoms with Gasteiger partial charge in [0, 0.05) is 23.3 Å². The van der Waals surface area contributed by atoms with Gasteiger partial charge in [0.25, 0.3) is 5.69 Å². The minimum Gasteiger partial charge on any atom is -0.507 e. The number of nitro groups is 1. The van der Waals surface area contributed by atoms with E-state index in [0.717, 1.165) is 17.7 Å². The van der Waals surface area contributed by atoms with E-state index in [1.54, 1.807) is 12.1 Å². The zero-order valence-corrected chi connectivity index (χ0v) is 14.2. The second kappa shape index (κ2) is 6.47. The molecule has 0 aliphatic carbocycles. The molecule has 9 heteroatoms. The maximum Gasteiger partial charge on any atom is 0.336 e. The molecule has 9 nitrogen and oxygen atoms in total. The normalized spacial score (nSPS) is 10.9. The van der Waals surface area contributed by atoms with E-state index in [2.05, 4.69) is 15.2 Å². The number of phenols is 1. The molecule has 0 atom stereocenters. The van der Waals surface area contributed by atoms with Crippen LogP contribution in [0.3, 0.4) is 0 Å². The predicted molar refractivity (Wildman–Crippen MR) is 100 cm³/mol. The molecule has 0 fully saturated rings. The summed E-state index contributed by atoms with van der Waals surface area (Å²) >= 11 is 0. The third kappa shape index (κ3) is 2.80. The number of aromatic amines is 1. The number of nitro benzene ring substituents is 1. The summed E-state index contributed by atoms with van der Waals surface area (Å²) in [6.45, 7) is 0. The van der Waals surface area contributed by atoms with Crippen molar-refractivity contribution in [3.8, 4) is 28.3 Å². The number of carboxylic acid groups (broad SMARTS) is 1. The fourth-order valence-electron chi connectivity index (χ4n) is 2.99. The molecule has 28 heavy (non-hydrogen) atoms. The summed E-state index contributed by atoms with van der Waals surface area (Å²) in [5.41, 5.74) is 1.13. The van der Waals surface area contributed by atoms with Crippen molar-refractivity contribution in [1.82, 2.24) is 15.2 Å². The molecule has 0 spiro atoms. The van der Waals surface area contributed by atoms with Crippen LogP contribution in [0.2, 0.25) is 0 Å². The largest absolute Gasteiger partial charge is 0.507 e. The zero-order chi connectivity index (χ0) is 19.8. The van der Waals surface area contributed by atoms with Crippen LogP contribution in [0.4, 0.5) is 5.69 Å². The minimum atomic E-state index is -1.21. The van der Waals surface area contributed by atoms with Gasteiger partial charge in [0.05, 0.1) is 27.3 Å². The van der Waals surface area contributed by atoms with Gasteiger partial charge in [-0.2, -0.15) is 5.10 Å². The van der Waals surface area contributed by atoms with E-state index < -0.39 is 10.9 Å². The number of fused-ring (bicyclic) bond motifs is 1. The highest BCUT2D eigenvalue weighted by molar-refractivity contribution is 6.08. The van der Waals surface area contributed by atoms with Gasteiger partial charge in [-0.15, -0.1) is 0 Å². The molecule has 0 aliphatic rings. The number of aromatic hydroxyl groups is 1. The van der Waals surface area contributed by atoms with Gasteiger partial charge in [-0.05, 0) is 12.1 Å². The van der Waals surface area contributed by atoms with Crippen molar-refractivity contribution in [2.75, 3.05) is 0 Å². The molecule has 2 aromatic heterocycles. The van der Waals surface area contributed by atoms with E-state index in [9.17, 15) is 25.1 Å². The lowest BCUT2D eigenvalue weighted by Crippen LogP contribution is -2.00. The number of carbonyl (C=O) groups is 1. The molecule has 0 bridgehead atoms. The molecule has 2 aromatic carbocycles. The lowest BCUT2D eigenvalue weighted by molar-refractivity contribution is -0.384. The molecule has 0 amide bonds. The number of phenolic OH excluding ortho intramolecular Hbond substituents is 1. The molecule has 0 saturated carbocycles. The lowest BCUT2D eigenvalue weighted by Gasteiger charge is -2.07. The fourth-order valence-corrected chi connectivity index (χ4v) is 2.99. The summed E-state index contributed by atoms with van der Waals surface area (Å²) in [4.78, 5) is 26.6. The zero-order valence-electron chi connectivity index (χ0n) is 14.2. The Morgan fingerprint density at radius 3 is 2.54 bits per heavy atom. The monoisotopic (exact) mass is 376 g/mol. The number of hydrogen-bond acceptors (Lipinski definition) is 6. The number of aromatic nitrogens is 3. The first-order valence-corrected chi connectivity index (χ1v) is 8.11. The summed E-state index contributed by atoms with van der Waals surface area (Å²) in [5, 5.41) is 38.1. The van der Waals surface area contributed by atoms with Crippen LogP contribution < -0.4 is 0 Å². The lowest BCUT2D eigenvalue weighted by atomic mass is 10.0. The number of pyridine rings is 1. The molecular weight excluding hydrogens is 364 g/mol. The van der Waals surface area contributed by atoms with Crippen LogP contribution in [0.15, 0.2) is 54.6 Å². The van der Waals surface area contributed by atoms with Crippen LogP contribution in [-0.4, -0.2) is 36.3 Å². The average molecular weight is 376 g/mol. The van der Waals surface area contributed by atoms with Crippen molar-refractivity contribution in [1.29, 1.82) is 0 Å². The summed E-state index contributed by atoms with van der Waals surface area (Å²) < 4.78 is 0. The van der Waals surface area contributed by atoms with Gasteiger partial charge in [0.1, 0.15) is 5.75 Å². The third-order valence-corrected chi connectivity index (χ3v) is 4.28. The van der Waals surface area contributed by atoms with Crippen molar-refractivity contribution in [3.63, 3.8) is 0 Å². The molecule has 3 N–H and O–H groups in total.